The molecule has 0 aliphatic heterocycles. The molecule has 0 aliphatic carbocycles. The van der Waals surface area contributed by atoms with E-state index in [2.05, 4.69) is 36.8 Å². The Morgan fingerprint density at radius 3 is 2.71 bits per heavy atom. The first-order valence-electron chi connectivity index (χ1n) is 3.73. The van der Waals surface area contributed by atoms with Gasteiger partial charge in [0, 0.05) is 15.4 Å². The highest BCUT2D eigenvalue weighted by atomic mass is 79.9. The highest BCUT2D eigenvalue weighted by Gasteiger charge is 2.08. The van der Waals surface area contributed by atoms with Crippen molar-refractivity contribution in [3.63, 3.8) is 0 Å². The molecule has 0 saturated carbocycles. The third-order valence-electron chi connectivity index (χ3n) is 1.68. The van der Waals surface area contributed by atoms with Gasteiger partial charge >= 0.3 is 0 Å². The molecule has 0 fully saturated rings. The zero-order valence-electron chi connectivity index (χ0n) is 6.80. The van der Waals surface area contributed by atoms with Gasteiger partial charge in [-0.2, -0.15) is 0 Å². The van der Waals surface area contributed by atoms with Crippen molar-refractivity contribution in [2.75, 3.05) is 0 Å². The summed E-state index contributed by atoms with van der Waals surface area (Å²) in [7, 11) is 0. The van der Waals surface area contributed by atoms with Crippen LogP contribution in [0.4, 0.5) is 4.39 Å². The molecule has 0 unspecified atom stereocenters. The van der Waals surface area contributed by atoms with Gasteiger partial charge in [0.1, 0.15) is 5.82 Å². The maximum absolute atomic E-state index is 13.4. The van der Waals surface area contributed by atoms with Crippen LogP contribution in [0.5, 0.6) is 0 Å². The first-order valence-corrected chi connectivity index (χ1v) is 6.20. The predicted molar refractivity (Wildman–Crippen MR) is 62.9 cm³/mol. The largest absolute Gasteiger partial charge is 0.229 e. The van der Waals surface area contributed by atoms with Crippen LogP contribution in [-0.4, -0.2) is 4.98 Å². The van der Waals surface area contributed by atoms with Crippen molar-refractivity contribution in [1.29, 1.82) is 0 Å². The van der Waals surface area contributed by atoms with Crippen molar-refractivity contribution in [3.8, 4) is 11.3 Å². The molecule has 2 rings (SSSR count). The Bertz CT molecular complexity index is 470. The van der Waals surface area contributed by atoms with E-state index < -0.39 is 0 Å². The van der Waals surface area contributed by atoms with Crippen LogP contribution in [-0.2, 0) is 0 Å². The summed E-state index contributed by atoms with van der Waals surface area (Å²) in [5.41, 5.74) is 1.17. The maximum Gasteiger partial charge on any atom is 0.159 e. The molecule has 1 nitrogen and oxygen atoms in total. The molecule has 0 aliphatic rings. The minimum absolute atomic E-state index is 0.258. The number of rotatable bonds is 1. The molecule has 14 heavy (non-hydrogen) atoms. The van der Waals surface area contributed by atoms with Crippen molar-refractivity contribution >= 4 is 43.2 Å². The Morgan fingerprint density at radius 2 is 2.07 bits per heavy atom. The number of aromatic nitrogens is 1. The van der Waals surface area contributed by atoms with Crippen LogP contribution in [0.25, 0.3) is 11.3 Å². The normalized spacial score (nSPS) is 10.5. The maximum atomic E-state index is 13.4. The van der Waals surface area contributed by atoms with E-state index in [0.29, 0.717) is 11.3 Å². The van der Waals surface area contributed by atoms with Crippen molar-refractivity contribution in [2.45, 2.75) is 0 Å². The molecule has 0 bridgehead atoms. The molecule has 0 radical (unpaired) electrons. The van der Waals surface area contributed by atoms with E-state index in [1.165, 1.54) is 17.4 Å². The van der Waals surface area contributed by atoms with E-state index in [9.17, 15) is 4.39 Å². The average molecular weight is 337 g/mol. The van der Waals surface area contributed by atoms with Gasteiger partial charge in [0.2, 0.25) is 0 Å². The van der Waals surface area contributed by atoms with Gasteiger partial charge in [-0.1, -0.05) is 15.9 Å². The zero-order chi connectivity index (χ0) is 10.1. The van der Waals surface area contributed by atoms with Crippen LogP contribution >= 0.6 is 43.2 Å². The van der Waals surface area contributed by atoms with Crippen LogP contribution in [0, 0.1) is 5.82 Å². The molecule has 72 valence electrons. The number of halogens is 3. The third kappa shape index (κ3) is 2.04. The molecule has 0 spiro atoms. The van der Waals surface area contributed by atoms with Gasteiger partial charge < -0.3 is 0 Å². The van der Waals surface area contributed by atoms with E-state index in [1.807, 2.05) is 5.38 Å². The molecular formula is C9H4Br2FNS. The van der Waals surface area contributed by atoms with Crippen molar-refractivity contribution in [1.82, 2.24) is 4.98 Å². The molecule has 5 heteroatoms. The fourth-order valence-corrected chi connectivity index (χ4v) is 2.44. The molecule has 0 N–H and O–H groups in total. The van der Waals surface area contributed by atoms with Gasteiger partial charge in [-0.15, -0.1) is 11.3 Å². The Labute approximate surface area is 101 Å². The molecule has 0 saturated heterocycles. The summed E-state index contributed by atoms with van der Waals surface area (Å²) in [6, 6.07) is 4.81. The van der Waals surface area contributed by atoms with Gasteiger partial charge in [-0.3, -0.25) is 0 Å². The van der Waals surface area contributed by atoms with Crippen molar-refractivity contribution in [3.05, 3.63) is 37.8 Å². The number of thiazole rings is 1. The second kappa shape index (κ2) is 4.08. The summed E-state index contributed by atoms with van der Waals surface area (Å²) in [5.74, 6) is -0.258. The minimum atomic E-state index is -0.258. The predicted octanol–water partition coefficient (Wildman–Crippen LogP) is 4.47. The zero-order valence-corrected chi connectivity index (χ0v) is 10.8. The number of hydrogen-bond donors (Lipinski definition) is 0. The highest BCUT2D eigenvalue weighted by molar-refractivity contribution is 9.11. The first-order chi connectivity index (χ1) is 6.66. The van der Waals surface area contributed by atoms with Crippen molar-refractivity contribution in [2.24, 2.45) is 0 Å². The van der Waals surface area contributed by atoms with Crippen LogP contribution in [0.3, 0.4) is 0 Å². The van der Waals surface area contributed by atoms with Crippen molar-refractivity contribution < 1.29 is 4.39 Å². The highest BCUT2D eigenvalue weighted by Crippen LogP contribution is 2.28. The second-order valence-electron chi connectivity index (χ2n) is 2.61. The van der Waals surface area contributed by atoms with Gasteiger partial charge in [0.15, 0.2) is 3.92 Å². The van der Waals surface area contributed by atoms with Crippen LogP contribution in [0.1, 0.15) is 0 Å². The lowest BCUT2D eigenvalue weighted by atomic mass is 10.2. The van der Waals surface area contributed by atoms with Gasteiger partial charge in [0.05, 0.1) is 5.69 Å². The average Bonchev–Trinajstić information content (AvgIpc) is 2.56. The second-order valence-corrected chi connectivity index (χ2v) is 5.66. The fourth-order valence-electron chi connectivity index (χ4n) is 1.07. The summed E-state index contributed by atoms with van der Waals surface area (Å²) in [4.78, 5) is 4.16. The van der Waals surface area contributed by atoms with Crippen LogP contribution < -0.4 is 0 Å². The summed E-state index contributed by atoms with van der Waals surface area (Å²) >= 11 is 7.98. The minimum Gasteiger partial charge on any atom is -0.229 e. The molecule has 0 atom stereocenters. The third-order valence-corrected chi connectivity index (χ3v) is 3.54. The standard InChI is InChI=1S/C9H4Br2FNS/c10-5-1-2-7(12)6(3-5)8-4-14-9(11)13-8/h1-4H. The lowest BCUT2D eigenvalue weighted by molar-refractivity contribution is 0.630. The lowest BCUT2D eigenvalue weighted by Gasteiger charge is -1.99. The lowest BCUT2D eigenvalue weighted by Crippen LogP contribution is -1.83. The fraction of sp³-hybridized carbons (Fsp3) is 0. The molecule has 1 aromatic heterocycles. The summed E-state index contributed by atoms with van der Waals surface area (Å²) in [6.07, 6.45) is 0. The smallest absolute Gasteiger partial charge is 0.159 e. The molecule has 2 aromatic rings. The van der Waals surface area contributed by atoms with E-state index in [0.717, 1.165) is 8.39 Å². The van der Waals surface area contributed by atoms with E-state index in [1.54, 1.807) is 12.1 Å². The van der Waals surface area contributed by atoms with E-state index in [4.69, 9.17) is 0 Å². The Morgan fingerprint density at radius 1 is 1.29 bits per heavy atom. The summed E-state index contributed by atoms with van der Waals surface area (Å²) in [6.45, 7) is 0. The topological polar surface area (TPSA) is 12.9 Å². The molecular weight excluding hydrogens is 333 g/mol. The summed E-state index contributed by atoms with van der Waals surface area (Å²) in [5, 5.41) is 1.81. The Hall–Kier alpha value is -0.260. The Kier molecular flexibility index (Phi) is 2.99. The van der Waals surface area contributed by atoms with Gasteiger partial charge in [0.25, 0.3) is 0 Å². The van der Waals surface area contributed by atoms with Crippen LogP contribution in [0.2, 0.25) is 0 Å². The number of benzene rings is 1. The van der Waals surface area contributed by atoms with Gasteiger partial charge in [-0.25, -0.2) is 9.37 Å². The van der Waals surface area contributed by atoms with Crippen LogP contribution in [0.15, 0.2) is 32.0 Å². The number of nitrogens with zero attached hydrogens (tertiary/aromatic N) is 1. The SMILES string of the molecule is Fc1ccc(Br)cc1-c1csc(Br)n1. The summed E-state index contributed by atoms with van der Waals surface area (Å²) < 4.78 is 15.0. The quantitative estimate of drug-likeness (QED) is 0.748. The molecule has 0 amide bonds. The van der Waals surface area contributed by atoms with E-state index in [-0.39, 0.29) is 5.82 Å². The van der Waals surface area contributed by atoms with E-state index >= 15 is 0 Å². The first kappa shape index (κ1) is 10.3. The molecule has 1 heterocycles. The molecule has 1 aromatic carbocycles. The number of hydrogen-bond acceptors (Lipinski definition) is 2. The van der Waals surface area contributed by atoms with Gasteiger partial charge in [-0.05, 0) is 34.1 Å². The monoisotopic (exact) mass is 335 g/mol. The Balaban J connectivity index is 2.55.